The van der Waals surface area contributed by atoms with Gasteiger partial charge in [-0.25, -0.2) is 19.6 Å². The van der Waals surface area contributed by atoms with Gasteiger partial charge in [0.05, 0.1) is 15.9 Å². The molecule has 0 aliphatic heterocycles. The predicted octanol–water partition coefficient (Wildman–Crippen LogP) is 3.40. The van der Waals surface area contributed by atoms with E-state index < -0.39 is 22.1 Å². The van der Waals surface area contributed by atoms with Crippen molar-refractivity contribution in [1.82, 2.24) is 9.97 Å². The number of rotatable bonds is 4. The van der Waals surface area contributed by atoms with Crippen molar-refractivity contribution in [1.29, 1.82) is 0 Å². The first-order valence-electron chi connectivity index (χ1n) is 8.86. The van der Waals surface area contributed by atoms with E-state index >= 15 is 0 Å². The highest BCUT2D eigenvalue weighted by Crippen LogP contribution is 2.34. The Bertz CT molecular complexity index is 1530. The number of fused-ring (bicyclic) bond motifs is 3. The van der Waals surface area contributed by atoms with Crippen LogP contribution < -0.4 is 0 Å². The minimum atomic E-state index is -4.50. The van der Waals surface area contributed by atoms with Crippen LogP contribution in [0.3, 0.4) is 0 Å². The van der Waals surface area contributed by atoms with Gasteiger partial charge in [0.25, 0.3) is 10.1 Å². The average Bonchev–Trinajstić information content (AvgIpc) is 2.71. The van der Waals surface area contributed by atoms with E-state index in [2.05, 4.69) is 9.97 Å². The molecule has 0 radical (unpaired) electrons. The maximum Gasteiger partial charge on any atom is 0.354 e. The molecule has 0 spiro atoms. The summed E-state index contributed by atoms with van der Waals surface area (Å²) in [5, 5.41) is 19.8. The summed E-state index contributed by atoms with van der Waals surface area (Å²) in [5.41, 5.74) is 0.799. The fraction of sp³-hybridized carbons (Fsp3) is 0.0476. The van der Waals surface area contributed by atoms with Gasteiger partial charge in [0.15, 0.2) is 0 Å². The first kappa shape index (κ1) is 20.4. The van der Waals surface area contributed by atoms with Gasteiger partial charge < -0.3 is 10.2 Å². The van der Waals surface area contributed by atoms with Crippen molar-refractivity contribution < 1.29 is 32.8 Å². The van der Waals surface area contributed by atoms with Gasteiger partial charge >= 0.3 is 11.9 Å². The largest absolute Gasteiger partial charge is 0.477 e. The molecule has 156 valence electrons. The Morgan fingerprint density at radius 2 is 1.48 bits per heavy atom. The SMILES string of the molecule is Cc1ccc(-c2cc(C(=O)O)nc3c2ccc2ccc(C(=O)O)nc23)cc1S(=O)(=O)O. The fourth-order valence-electron chi connectivity index (χ4n) is 3.38. The number of benzene rings is 2. The van der Waals surface area contributed by atoms with Gasteiger partial charge in [-0.1, -0.05) is 30.3 Å². The molecule has 0 atom stereocenters. The molecule has 4 rings (SSSR count). The summed E-state index contributed by atoms with van der Waals surface area (Å²) in [6.45, 7) is 1.52. The molecule has 3 N–H and O–H groups in total. The van der Waals surface area contributed by atoms with E-state index in [1.54, 1.807) is 24.3 Å². The first-order valence-corrected chi connectivity index (χ1v) is 10.3. The minimum Gasteiger partial charge on any atom is -0.477 e. The second-order valence-corrected chi connectivity index (χ2v) is 8.24. The summed E-state index contributed by atoms with van der Waals surface area (Å²) in [4.78, 5) is 31.0. The number of carboxylic acids is 2. The van der Waals surface area contributed by atoms with E-state index in [1.807, 2.05) is 0 Å². The first-order chi connectivity index (χ1) is 14.6. The number of nitrogens with zero attached hydrogens (tertiary/aromatic N) is 2. The predicted molar refractivity (Wildman–Crippen MR) is 111 cm³/mol. The molecule has 0 fully saturated rings. The van der Waals surface area contributed by atoms with Crippen molar-refractivity contribution in [2.45, 2.75) is 11.8 Å². The molecule has 2 aromatic carbocycles. The number of carboxylic acid groups (broad SMARTS) is 2. The molecule has 9 nitrogen and oxygen atoms in total. The second kappa shape index (κ2) is 7.11. The summed E-state index contributed by atoms with van der Waals surface area (Å²) < 4.78 is 33.0. The van der Waals surface area contributed by atoms with Crippen LogP contribution in [-0.4, -0.2) is 45.1 Å². The molecule has 0 unspecified atom stereocenters. The lowest BCUT2D eigenvalue weighted by atomic mass is 9.97. The van der Waals surface area contributed by atoms with E-state index in [9.17, 15) is 32.8 Å². The van der Waals surface area contributed by atoms with Crippen LogP contribution in [-0.2, 0) is 10.1 Å². The second-order valence-electron chi connectivity index (χ2n) is 6.85. The van der Waals surface area contributed by atoms with Gasteiger partial charge in [-0.3, -0.25) is 4.55 Å². The molecule has 0 aliphatic carbocycles. The van der Waals surface area contributed by atoms with Crippen molar-refractivity contribution in [3.05, 3.63) is 65.5 Å². The lowest BCUT2D eigenvalue weighted by Gasteiger charge is -2.12. The number of pyridine rings is 2. The van der Waals surface area contributed by atoms with Gasteiger partial charge in [0.1, 0.15) is 11.4 Å². The Morgan fingerprint density at radius 1 is 0.839 bits per heavy atom. The maximum atomic E-state index is 11.7. The van der Waals surface area contributed by atoms with Gasteiger partial charge in [-0.15, -0.1) is 0 Å². The van der Waals surface area contributed by atoms with Crippen LogP contribution in [0.15, 0.2) is 53.4 Å². The van der Waals surface area contributed by atoms with Crippen molar-refractivity contribution in [3.63, 3.8) is 0 Å². The number of aromatic nitrogens is 2. The zero-order valence-electron chi connectivity index (χ0n) is 15.9. The third kappa shape index (κ3) is 3.58. The lowest BCUT2D eigenvalue weighted by molar-refractivity contribution is 0.0680. The van der Waals surface area contributed by atoms with Crippen LogP contribution in [0.1, 0.15) is 26.5 Å². The van der Waals surface area contributed by atoms with Gasteiger partial charge in [-0.2, -0.15) is 8.42 Å². The van der Waals surface area contributed by atoms with Crippen molar-refractivity contribution in [2.75, 3.05) is 0 Å². The lowest BCUT2D eigenvalue weighted by Crippen LogP contribution is -2.04. The van der Waals surface area contributed by atoms with Crippen LogP contribution in [0.2, 0.25) is 0 Å². The van der Waals surface area contributed by atoms with E-state index in [0.29, 0.717) is 27.5 Å². The van der Waals surface area contributed by atoms with Crippen molar-refractivity contribution in [2.24, 2.45) is 0 Å². The third-order valence-corrected chi connectivity index (χ3v) is 5.85. The highest BCUT2D eigenvalue weighted by molar-refractivity contribution is 7.85. The summed E-state index contributed by atoms with van der Waals surface area (Å²) in [6, 6.07) is 11.8. The Kier molecular flexibility index (Phi) is 4.68. The summed E-state index contributed by atoms with van der Waals surface area (Å²) in [5.74, 6) is -2.57. The highest BCUT2D eigenvalue weighted by atomic mass is 32.2. The van der Waals surface area contributed by atoms with Crippen molar-refractivity contribution >= 4 is 43.9 Å². The Hall–Kier alpha value is -3.89. The van der Waals surface area contributed by atoms with Crippen LogP contribution in [0.4, 0.5) is 0 Å². The molecular formula is C21H14N2O7S. The molecule has 0 saturated carbocycles. The molecule has 0 aliphatic rings. The number of hydrogen-bond acceptors (Lipinski definition) is 6. The Morgan fingerprint density at radius 3 is 2.13 bits per heavy atom. The molecule has 10 heteroatoms. The van der Waals surface area contributed by atoms with E-state index in [-0.39, 0.29) is 27.3 Å². The van der Waals surface area contributed by atoms with Crippen LogP contribution in [0.25, 0.3) is 32.9 Å². The number of aryl methyl sites for hydroxylation is 1. The van der Waals surface area contributed by atoms with Crippen LogP contribution in [0, 0.1) is 6.92 Å². The third-order valence-electron chi connectivity index (χ3n) is 4.85. The molecule has 31 heavy (non-hydrogen) atoms. The normalized spacial score (nSPS) is 11.7. The summed E-state index contributed by atoms with van der Waals surface area (Å²) >= 11 is 0. The molecule has 0 amide bonds. The van der Waals surface area contributed by atoms with Gasteiger partial charge in [0.2, 0.25) is 0 Å². The molecule has 2 heterocycles. The van der Waals surface area contributed by atoms with Crippen LogP contribution in [0.5, 0.6) is 0 Å². The minimum absolute atomic E-state index is 0.157. The fourth-order valence-corrected chi connectivity index (χ4v) is 4.14. The zero-order chi connectivity index (χ0) is 22.5. The summed E-state index contributed by atoms with van der Waals surface area (Å²) in [7, 11) is -4.50. The van der Waals surface area contributed by atoms with E-state index in [0.717, 1.165) is 0 Å². The smallest absolute Gasteiger partial charge is 0.354 e. The number of carbonyl (C=O) groups is 2. The highest BCUT2D eigenvalue weighted by Gasteiger charge is 2.19. The maximum absolute atomic E-state index is 11.7. The van der Waals surface area contributed by atoms with E-state index in [1.165, 1.54) is 31.2 Å². The molecule has 0 saturated heterocycles. The van der Waals surface area contributed by atoms with Gasteiger partial charge in [0, 0.05) is 10.8 Å². The molecule has 4 aromatic rings. The molecular weight excluding hydrogens is 424 g/mol. The van der Waals surface area contributed by atoms with Crippen LogP contribution >= 0.6 is 0 Å². The Balaban J connectivity index is 2.13. The summed E-state index contributed by atoms with van der Waals surface area (Å²) in [6.07, 6.45) is 0. The topological polar surface area (TPSA) is 155 Å². The number of hydrogen-bond donors (Lipinski definition) is 3. The van der Waals surface area contributed by atoms with Crippen molar-refractivity contribution in [3.8, 4) is 11.1 Å². The quantitative estimate of drug-likeness (QED) is 0.321. The standard InChI is InChI=1S/C21H14N2O7S/c1-10-2-3-12(8-17(10)31(28,29)30)14-9-16(21(26)27)23-19-13(14)6-4-11-5-7-15(20(24)25)22-18(11)19/h2-9H,1H3,(H,24,25)(H,26,27)(H,28,29,30). The monoisotopic (exact) mass is 438 g/mol. The molecule has 2 aromatic heterocycles. The average molecular weight is 438 g/mol. The van der Waals surface area contributed by atoms with E-state index in [4.69, 9.17) is 0 Å². The Labute approximate surface area is 175 Å². The number of aromatic carboxylic acids is 2. The molecule has 0 bridgehead atoms. The van der Waals surface area contributed by atoms with Gasteiger partial charge in [-0.05, 0) is 41.8 Å². The zero-order valence-corrected chi connectivity index (χ0v) is 16.7.